The molecule has 3 nitrogen and oxygen atoms in total. The summed E-state index contributed by atoms with van der Waals surface area (Å²) in [4.78, 5) is 2.06. The quantitative estimate of drug-likeness (QED) is 0.857. The van der Waals surface area contributed by atoms with Gasteiger partial charge in [0.2, 0.25) is 0 Å². The minimum Gasteiger partial charge on any atom is -0.396 e. The van der Waals surface area contributed by atoms with E-state index in [1.165, 1.54) is 6.07 Å². The fourth-order valence-electron chi connectivity index (χ4n) is 2.56. The van der Waals surface area contributed by atoms with Crippen molar-refractivity contribution in [2.24, 2.45) is 5.92 Å². The summed E-state index contributed by atoms with van der Waals surface area (Å²) in [6, 6.07) is 5.62. The molecule has 1 aliphatic heterocycles. The minimum absolute atomic E-state index is 0.165. The second-order valence-corrected chi connectivity index (χ2v) is 5.57. The van der Waals surface area contributed by atoms with Gasteiger partial charge in [-0.15, -0.1) is 0 Å². The van der Waals surface area contributed by atoms with Crippen LogP contribution in [0.15, 0.2) is 18.2 Å². The molecule has 1 aliphatic rings. The predicted octanol–water partition coefficient (Wildman–Crippen LogP) is 2.14. The molecule has 1 aromatic rings. The zero-order valence-corrected chi connectivity index (χ0v) is 11.7. The number of benzene rings is 1. The van der Waals surface area contributed by atoms with Crippen LogP contribution in [0.1, 0.15) is 25.8 Å². The largest absolute Gasteiger partial charge is 0.396 e. The highest BCUT2D eigenvalue weighted by molar-refractivity contribution is 5.55. The van der Waals surface area contributed by atoms with Crippen LogP contribution in [0.3, 0.4) is 0 Å². The molecule has 0 amide bonds. The molecule has 2 rings (SSSR count). The summed E-state index contributed by atoms with van der Waals surface area (Å²) in [5, 5.41) is 12.5. The topological polar surface area (TPSA) is 35.5 Å². The molecule has 0 spiro atoms. The fraction of sp³-hybridized carbons (Fsp3) is 0.600. The Morgan fingerprint density at radius 3 is 2.89 bits per heavy atom. The smallest absolute Gasteiger partial charge is 0.146 e. The van der Waals surface area contributed by atoms with E-state index in [2.05, 4.69) is 24.1 Å². The van der Waals surface area contributed by atoms with Crippen molar-refractivity contribution in [2.45, 2.75) is 32.9 Å². The van der Waals surface area contributed by atoms with Crippen LogP contribution in [0.5, 0.6) is 0 Å². The second kappa shape index (κ2) is 6.35. The highest BCUT2D eigenvalue weighted by Crippen LogP contribution is 2.29. The summed E-state index contributed by atoms with van der Waals surface area (Å²) in [5.74, 6) is 0.104. The van der Waals surface area contributed by atoms with Crippen LogP contribution in [0.2, 0.25) is 0 Å². The standard InChI is InChI=1S/C15H23FN2O/c1-11(2)17-8-13-4-3-5-14(16)15(13)18-7-6-12(9-18)10-19/h3-5,11-12,17,19H,6-10H2,1-2H3. The van der Waals surface area contributed by atoms with Crippen LogP contribution in [0.4, 0.5) is 10.1 Å². The van der Waals surface area contributed by atoms with E-state index >= 15 is 0 Å². The summed E-state index contributed by atoms with van der Waals surface area (Å²) < 4.78 is 14.1. The zero-order valence-electron chi connectivity index (χ0n) is 11.7. The molecule has 2 N–H and O–H groups in total. The van der Waals surface area contributed by atoms with Crippen molar-refractivity contribution < 1.29 is 9.50 Å². The van der Waals surface area contributed by atoms with Gasteiger partial charge >= 0.3 is 0 Å². The molecule has 1 aromatic carbocycles. The van der Waals surface area contributed by atoms with Gasteiger partial charge < -0.3 is 15.3 Å². The van der Waals surface area contributed by atoms with E-state index in [0.717, 1.165) is 25.1 Å². The molecule has 0 aliphatic carbocycles. The Bertz CT molecular complexity index is 423. The lowest BCUT2D eigenvalue weighted by atomic mass is 10.1. The van der Waals surface area contributed by atoms with Crippen LogP contribution < -0.4 is 10.2 Å². The first-order valence-electron chi connectivity index (χ1n) is 6.98. The van der Waals surface area contributed by atoms with E-state index in [-0.39, 0.29) is 18.3 Å². The van der Waals surface area contributed by atoms with Gasteiger partial charge in [-0.3, -0.25) is 0 Å². The van der Waals surface area contributed by atoms with Gasteiger partial charge in [0.25, 0.3) is 0 Å². The Kier molecular flexibility index (Phi) is 4.77. The number of hydrogen-bond acceptors (Lipinski definition) is 3. The van der Waals surface area contributed by atoms with Gasteiger partial charge in [0.1, 0.15) is 5.82 Å². The molecule has 0 saturated carbocycles. The van der Waals surface area contributed by atoms with E-state index in [9.17, 15) is 9.50 Å². The number of halogens is 1. The Hall–Kier alpha value is -1.13. The molecule has 0 radical (unpaired) electrons. The van der Waals surface area contributed by atoms with Gasteiger partial charge in [0.05, 0.1) is 5.69 Å². The normalized spacial score (nSPS) is 19.4. The summed E-state index contributed by atoms with van der Waals surface area (Å²) in [6.07, 6.45) is 0.932. The van der Waals surface area contributed by atoms with Crippen LogP contribution in [-0.4, -0.2) is 30.8 Å². The molecule has 1 unspecified atom stereocenters. The number of nitrogens with zero attached hydrogens (tertiary/aromatic N) is 1. The summed E-state index contributed by atoms with van der Waals surface area (Å²) in [7, 11) is 0. The van der Waals surface area contributed by atoms with Gasteiger partial charge in [0.15, 0.2) is 0 Å². The van der Waals surface area contributed by atoms with Gasteiger partial charge in [-0.05, 0) is 18.1 Å². The fourth-order valence-corrected chi connectivity index (χ4v) is 2.56. The van der Waals surface area contributed by atoms with E-state index in [1.807, 2.05) is 6.07 Å². The lowest BCUT2D eigenvalue weighted by molar-refractivity contribution is 0.238. The van der Waals surface area contributed by atoms with E-state index < -0.39 is 0 Å². The maximum atomic E-state index is 14.1. The van der Waals surface area contributed by atoms with Crippen molar-refractivity contribution in [2.75, 3.05) is 24.6 Å². The number of aliphatic hydroxyl groups is 1. The first kappa shape index (κ1) is 14.3. The highest BCUT2D eigenvalue weighted by Gasteiger charge is 2.25. The first-order chi connectivity index (χ1) is 9.11. The molecule has 0 aromatic heterocycles. The monoisotopic (exact) mass is 266 g/mol. The Morgan fingerprint density at radius 2 is 2.26 bits per heavy atom. The van der Waals surface area contributed by atoms with E-state index in [4.69, 9.17) is 0 Å². The average Bonchev–Trinajstić information content (AvgIpc) is 2.84. The molecule has 4 heteroatoms. The van der Waals surface area contributed by atoms with Crippen molar-refractivity contribution in [1.82, 2.24) is 5.32 Å². The Labute approximate surface area is 114 Å². The predicted molar refractivity (Wildman–Crippen MR) is 75.8 cm³/mol. The molecule has 0 bridgehead atoms. The van der Waals surface area contributed by atoms with Crippen LogP contribution >= 0.6 is 0 Å². The van der Waals surface area contributed by atoms with Crippen LogP contribution in [0, 0.1) is 11.7 Å². The second-order valence-electron chi connectivity index (χ2n) is 5.57. The molecule has 1 fully saturated rings. The molecule has 1 atom stereocenters. The SMILES string of the molecule is CC(C)NCc1cccc(F)c1N1CCC(CO)C1. The first-order valence-corrected chi connectivity index (χ1v) is 6.98. The minimum atomic E-state index is -0.165. The maximum Gasteiger partial charge on any atom is 0.146 e. The summed E-state index contributed by atoms with van der Waals surface area (Å²) in [6.45, 7) is 6.58. The van der Waals surface area contributed by atoms with E-state index in [0.29, 0.717) is 18.3 Å². The van der Waals surface area contributed by atoms with Gasteiger partial charge in [-0.1, -0.05) is 26.0 Å². The average molecular weight is 266 g/mol. The third-order valence-corrected chi connectivity index (χ3v) is 3.63. The van der Waals surface area contributed by atoms with Crippen molar-refractivity contribution in [1.29, 1.82) is 0 Å². The highest BCUT2D eigenvalue weighted by atomic mass is 19.1. The number of hydrogen-bond donors (Lipinski definition) is 2. The third kappa shape index (κ3) is 3.45. The molecular formula is C15H23FN2O. The molecule has 1 saturated heterocycles. The number of para-hydroxylation sites is 1. The van der Waals surface area contributed by atoms with Crippen molar-refractivity contribution in [3.05, 3.63) is 29.6 Å². The number of anilines is 1. The third-order valence-electron chi connectivity index (χ3n) is 3.63. The van der Waals surface area contributed by atoms with Gasteiger partial charge in [-0.2, -0.15) is 0 Å². The van der Waals surface area contributed by atoms with Gasteiger partial charge in [0, 0.05) is 38.2 Å². The molecular weight excluding hydrogens is 243 g/mol. The maximum absolute atomic E-state index is 14.1. The number of aliphatic hydroxyl groups excluding tert-OH is 1. The molecule has 106 valence electrons. The Balaban J connectivity index is 2.18. The zero-order chi connectivity index (χ0) is 13.8. The lowest BCUT2D eigenvalue weighted by Gasteiger charge is -2.23. The van der Waals surface area contributed by atoms with Crippen molar-refractivity contribution in [3.63, 3.8) is 0 Å². The molecule has 19 heavy (non-hydrogen) atoms. The van der Waals surface area contributed by atoms with Crippen molar-refractivity contribution in [3.8, 4) is 0 Å². The number of rotatable bonds is 5. The summed E-state index contributed by atoms with van der Waals surface area (Å²) >= 11 is 0. The van der Waals surface area contributed by atoms with Crippen LogP contribution in [-0.2, 0) is 6.54 Å². The van der Waals surface area contributed by atoms with Gasteiger partial charge in [-0.25, -0.2) is 4.39 Å². The van der Waals surface area contributed by atoms with Crippen molar-refractivity contribution >= 4 is 5.69 Å². The number of nitrogens with one attached hydrogen (secondary N) is 1. The molecule has 1 heterocycles. The van der Waals surface area contributed by atoms with E-state index in [1.54, 1.807) is 6.07 Å². The summed E-state index contributed by atoms with van der Waals surface area (Å²) in [5.41, 5.74) is 1.69. The Morgan fingerprint density at radius 1 is 1.47 bits per heavy atom. The van der Waals surface area contributed by atoms with Crippen LogP contribution in [0.25, 0.3) is 0 Å². The lowest BCUT2D eigenvalue weighted by Crippen LogP contribution is -2.27.